The quantitative estimate of drug-likeness (QED) is 0.507. The van der Waals surface area contributed by atoms with E-state index in [4.69, 9.17) is 20.4 Å². The molecule has 3 N–H and O–H groups in total. The minimum absolute atomic E-state index is 0.00226. The SMILES string of the molecule is NCc1ccc(-c2nc3ccnc(N4CCOC(CO)C4)c3cc2-c2ccccc2)cc1. The van der Waals surface area contributed by atoms with Crippen molar-refractivity contribution in [1.29, 1.82) is 0 Å². The van der Waals surface area contributed by atoms with Crippen LogP contribution >= 0.6 is 0 Å². The van der Waals surface area contributed by atoms with E-state index in [1.165, 1.54) is 0 Å². The maximum atomic E-state index is 9.57. The standard InChI is InChI=1S/C26H26N4O2/c27-15-18-6-8-20(9-7-18)25-22(19-4-2-1-3-5-19)14-23-24(29-25)10-11-28-26(23)30-12-13-32-21(16-30)17-31/h1-11,14,21,31H,12-13,15-17,27H2. The Morgan fingerprint density at radius 1 is 1.03 bits per heavy atom. The van der Waals surface area contributed by atoms with Crippen molar-refractivity contribution in [1.82, 2.24) is 9.97 Å². The first kappa shape index (κ1) is 20.6. The van der Waals surface area contributed by atoms with Gasteiger partial charge in [-0.25, -0.2) is 9.97 Å². The van der Waals surface area contributed by atoms with Gasteiger partial charge in [0.05, 0.1) is 30.5 Å². The Morgan fingerprint density at radius 3 is 2.59 bits per heavy atom. The second kappa shape index (κ2) is 9.04. The van der Waals surface area contributed by atoms with Crippen molar-refractivity contribution in [3.8, 4) is 22.4 Å². The first-order chi connectivity index (χ1) is 15.8. The summed E-state index contributed by atoms with van der Waals surface area (Å²) in [6.07, 6.45) is 1.60. The summed E-state index contributed by atoms with van der Waals surface area (Å²) in [5.41, 5.74) is 11.9. The van der Waals surface area contributed by atoms with Crippen LogP contribution in [0.4, 0.5) is 5.82 Å². The Morgan fingerprint density at radius 2 is 1.84 bits per heavy atom. The fraction of sp³-hybridized carbons (Fsp3) is 0.231. The van der Waals surface area contributed by atoms with E-state index < -0.39 is 0 Å². The summed E-state index contributed by atoms with van der Waals surface area (Å²) in [7, 11) is 0. The van der Waals surface area contributed by atoms with Gasteiger partial charge in [-0.3, -0.25) is 0 Å². The summed E-state index contributed by atoms with van der Waals surface area (Å²) in [5.74, 6) is 0.874. The lowest BCUT2D eigenvalue weighted by molar-refractivity contribution is 0.00344. The maximum Gasteiger partial charge on any atom is 0.138 e. The Balaban J connectivity index is 1.69. The summed E-state index contributed by atoms with van der Waals surface area (Å²) >= 11 is 0. The van der Waals surface area contributed by atoms with Crippen LogP contribution < -0.4 is 10.6 Å². The summed E-state index contributed by atoms with van der Waals surface area (Å²) < 4.78 is 5.64. The number of aliphatic hydroxyl groups is 1. The molecule has 1 aliphatic rings. The van der Waals surface area contributed by atoms with Gasteiger partial charge in [0.25, 0.3) is 0 Å². The monoisotopic (exact) mass is 426 g/mol. The highest BCUT2D eigenvalue weighted by atomic mass is 16.5. The number of morpholine rings is 1. The molecule has 3 heterocycles. The van der Waals surface area contributed by atoms with Crippen molar-refractivity contribution in [3.63, 3.8) is 0 Å². The molecule has 2 aromatic heterocycles. The van der Waals surface area contributed by atoms with Crippen molar-refractivity contribution in [2.24, 2.45) is 5.73 Å². The lowest BCUT2D eigenvalue weighted by Crippen LogP contribution is -2.44. The molecule has 0 aliphatic carbocycles. The lowest BCUT2D eigenvalue weighted by Gasteiger charge is -2.33. The van der Waals surface area contributed by atoms with Gasteiger partial charge in [0, 0.05) is 42.3 Å². The largest absolute Gasteiger partial charge is 0.394 e. The Kier molecular flexibility index (Phi) is 5.81. The number of hydrogen-bond acceptors (Lipinski definition) is 6. The van der Waals surface area contributed by atoms with Crippen LogP contribution in [0.5, 0.6) is 0 Å². The number of nitrogens with two attached hydrogens (primary N) is 1. The molecule has 6 nitrogen and oxygen atoms in total. The van der Waals surface area contributed by atoms with Gasteiger partial charge in [0.1, 0.15) is 5.82 Å². The molecule has 0 bridgehead atoms. The van der Waals surface area contributed by atoms with Crippen LogP contribution in [-0.2, 0) is 11.3 Å². The van der Waals surface area contributed by atoms with Gasteiger partial charge in [-0.05, 0) is 23.3 Å². The van der Waals surface area contributed by atoms with Gasteiger partial charge in [0.2, 0.25) is 0 Å². The van der Waals surface area contributed by atoms with Gasteiger partial charge < -0.3 is 20.5 Å². The number of aromatic nitrogens is 2. The van der Waals surface area contributed by atoms with E-state index in [1.54, 1.807) is 6.20 Å². The van der Waals surface area contributed by atoms with E-state index in [9.17, 15) is 5.11 Å². The molecule has 0 spiro atoms. The minimum atomic E-state index is -0.206. The van der Waals surface area contributed by atoms with Crippen LogP contribution in [0.2, 0.25) is 0 Å². The number of benzene rings is 2. The van der Waals surface area contributed by atoms with E-state index in [1.807, 2.05) is 24.3 Å². The molecule has 162 valence electrons. The van der Waals surface area contributed by atoms with Crippen LogP contribution in [0.3, 0.4) is 0 Å². The molecule has 5 rings (SSSR count). The number of hydrogen-bond donors (Lipinski definition) is 2. The van der Waals surface area contributed by atoms with Crippen LogP contribution in [-0.4, -0.2) is 47.5 Å². The Bertz CT molecular complexity index is 1210. The summed E-state index contributed by atoms with van der Waals surface area (Å²) in [5, 5.41) is 10.6. The number of pyridine rings is 2. The fourth-order valence-corrected chi connectivity index (χ4v) is 4.21. The van der Waals surface area contributed by atoms with E-state index in [0.29, 0.717) is 19.7 Å². The Labute approximate surface area is 187 Å². The zero-order valence-electron chi connectivity index (χ0n) is 17.8. The zero-order chi connectivity index (χ0) is 21.9. The molecule has 0 saturated carbocycles. The molecule has 1 unspecified atom stereocenters. The number of nitrogens with zero attached hydrogens (tertiary/aromatic N) is 3. The van der Waals surface area contributed by atoms with Gasteiger partial charge >= 0.3 is 0 Å². The molecule has 2 aromatic carbocycles. The van der Waals surface area contributed by atoms with E-state index in [2.05, 4.69) is 47.4 Å². The number of ether oxygens (including phenoxy) is 1. The average Bonchev–Trinajstić information content (AvgIpc) is 2.88. The second-order valence-corrected chi connectivity index (χ2v) is 7.97. The third-order valence-electron chi connectivity index (χ3n) is 5.91. The number of rotatable bonds is 5. The summed E-state index contributed by atoms with van der Waals surface area (Å²) in [6.45, 7) is 2.41. The molecule has 0 amide bonds. The number of anilines is 1. The van der Waals surface area contributed by atoms with Crippen LogP contribution in [0.25, 0.3) is 33.3 Å². The molecule has 32 heavy (non-hydrogen) atoms. The molecule has 1 saturated heterocycles. The highest BCUT2D eigenvalue weighted by molar-refractivity contribution is 5.97. The van der Waals surface area contributed by atoms with Crippen molar-refractivity contribution in [3.05, 3.63) is 78.5 Å². The third-order valence-corrected chi connectivity index (χ3v) is 5.91. The van der Waals surface area contributed by atoms with Crippen LogP contribution in [0.15, 0.2) is 72.9 Å². The summed E-state index contributed by atoms with van der Waals surface area (Å²) in [6, 6.07) is 22.7. The highest BCUT2D eigenvalue weighted by Gasteiger charge is 2.23. The molecule has 1 atom stereocenters. The second-order valence-electron chi connectivity index (χ2n) is 7.97. The van der Waals surface area contributed by atoms with E-state index >= 15 is 0 Å². The number of aliphatic hydroxyl groups excluding tert-OH is 1. The smallest absolute Gasteiger partial charge is 0.138 e. The third kappa shape index (κ3) is 3.96. The first-order valence-electron chi connectivity index (χ1n) is 10.9. The predicted octanol–water partition coefficient (Wildman–Crippen LogP) is 3.62. The van der Waals surface area contributed by atoms with Crippen molar-refractivity contribution in [2.75, 3.05) is 31.2 Å². The van der Waals surface area contributed by atoms with Crippen LogP contribution in [0, 0.1) is 0 Å². The van der Waals surface area contributed by atoms with Crippen molar-refractivity contribution in [2.45, 2.75) is 12.6 Å². The highest BCUT2D eigenvalue weighted by Crippen LogP contribution is 2.36. The molecule has 1 fully saturated rings. The van der Waals surface area contributed by atoms with E-state index in [-0.39, 0.29) is 12.7 Å². The molecular formula is C26H26N4O2. The zero-order valence-corrected chi connectivity index (χ0v) is 17.8. The first-order valence-corrected chi connectivity index (χ1v) is 10.9. The van der Waals surface area contributed by atoms with Gasteiger partial charge in [0.15, 0.2) is 0 Å². The predicted molar refractivity (Wildman–Crippen MR) is 127 cm³/mol. The van der Waals surface area contributed by atoms with Crippen LogP contribution in [0.1, 0.15) is 5.56 Å². The normalized spacial score (nSPS) is 16.4. The van der Waals surface area contributed by atoms with Gasteiger partial charge in [-0.1, -0.05) is 54.6 Å². The molecular weight excluding hydrogens is 400 g/mol. The van der Waals surface area contributed by atoms with Gasteiger partial charge in [-0.15, -0.1) is 0 Å². The Hall–Kier alpha value is -3.32. The van der Waals surface area contributed by atoms with Gasteiger partial charge in [-0.2, -0.15) is 0 Å². The molecule has 6 heteroatoms. The lowest BCUT2D eigenvalue weighted by atomic mass is 9.97. The molecule has 0 radical (unpaired) electrons. The van der Waals surface area contributed by atoms with Crippen molar-refractivity contribution < 1.29 is 9.84 Å². The fourth-order valence-electron chi connectivity index (χ4n) is 4.21. The topological polar surface area (TPSA) is 84.5 Å². The minimum Gasteiger partial charge on any atom is -0.394 e. The average molecular weight is 427 g/mol. The van der Waals surface area contributed by atoms with E-state index in [0.717, 1.165) is 51.2 Å². The summed E-state index contributed by atoms with van der Waals surface area (Å²) in [4.78, 5) is 12.0. The van der Waals surface area contributed by atoms with Crippen molar-refractivity contribution >= 4 is 16.7 Å². The number of fused-ring (bicyclic) bond motifs is 1. The molecule has 1 aliphatic heterocycles. The maximum absolute atomic E-state index is 9.57. The molecule has 4 aromatic rings.